The molecule has 3 N–H and O–H groups in total. The molecule has 0 saturated carbocycles. The van der Waals surface area contributed by atoms with Crippen molar-refractivity contribution in [1.29, 1.82) is 0 Å². The fourth-order valence-corrected chi connectivity index (χ4v) is 2.93. The van der Waals surface area contributed by atoms with E-state index in [2.05, 4.69) is 43.4 Å². The van der Waals surface area contributed by atoms with Crippen LogP contribution in [0.2, 0.25) is 0 Å². The van der Waals surface area contributed by atoms with Crippen molar-refractivity contribution in [3.05, 3.63) is 35.9 Å². The van der Waals surface area contributed by atoms with E-state index < -0.39 is 0 Å². The maximum absolute atomic E-state index is 12.5. The molecule has 0 unspecified atom stereocenters. The Morgan fingerprint density at radius 3 is 2.29 bits per heavy atom. The SMILES string of the molecule is CCCC(CN)(CCC)C(=O)NCCCc1ccccc1. The summed E-state index contributed by atoms with van der Waals surface area (Å²) in [6, 6.07) is 10.4. The first-order chi connectivity index (χ1) is 10.2. The van der Waals surface area contributed by atoms with Gasteiger partial charge in [0.05, 0.1) is 5.41 Å². The highest BCUT2D eigenvalue weighted by Gasteiger charge is 2.34. The fourth-order valence-electron chi connectivity index (χ4n) is 2.93. The molecule has 1 amide bonds. The Kier molecular flexibility index (Phi) is 8.06. The zero-order valence-corrected chi connectivity index (χ0v) is 13.5. The molecule has 1 aromatic carbocycles. The first-order valence-corrected chi connectivity index (χ1v) is 8.21. The summed E-state index contributed by atoms with van der Waals surface area (Å²) in [5.74, 6) is 0.141. The summed E-state index contributed by atoms with van der Waals surface area (Å²) in [5, 5.41) is 3.10. The molecule has 0 aliphatic rings. The number of rotatable bonds is 10. The number of carbonyl (C=O) groups excluding carboxylic acids is 1. The van der Waals surface area contributed by atoms with Crippen LogP contribution in [0, 0.1) is 5.41 Å². The van der Waals surface area contributed by atoms with Crippen LogP contribution < -0.4 is 11.1 Å². The topological polar surface area (TPSA) is 55.1 Å². The number of aryl methyl sites for hydroxylation is 1. The van der Waals surface area contributed by atoms with Crippen LogP contribution in [0.25, 0.3) is 0 Å². The van der Waals surface area contributed by atoms with Gasteiger partial charge in [-0.2, -0.15) is 0 Å². The Labute approximate surface area is 129 Å². The predicted octanol–water partition coefficient (Wildman–Crippen LogP) is 3.28. The van der Waals surface area contributed by atoms with Gasteiger partial charge in [-0.05, 0) is 31.2 Å². The second-order valence-corrected chi connectivity index (χ2v) is 5.83. The number of hydrogen-bond donors (Lipinski definition) is 2. The molecule has 118 valence electrons. The molecule has 0 aromatic heterocycles. The highest BCUT2D eigenvalue weighted by Crippen LogP contribution is 2.29. The summed E-state index contributed by atoms with van der Waals surface area (Å²) in [5.41, 5.74) is 6.87. The summed E-state index contributed by atoms with van der Waals surface area (Å²) >= 11 is 0. The molecule has 0 saturated heterocycles. The van der Waals surface area contributed by atoms with Crippen molar-refractivity contribution in [3.8, 4) is 0 Å². The summed E-state index contributed by atoms with van der Waals surface area (Å²) in [7, 11) is 0. The number of amides is 1. The van der Waals surface area contributed by atoms with Gasteiger partial charge in [0.25, 0.3) is 0 Å². The fraction of sp³-hybridized carbons (Fsp3) is 0.611. The highest BCUT2D eigenvalue weighted by atomic mass is 16.2. The van der Waals surface area contributed by atoms with E-state index in [9.17, 15) is 4.79 Å². The molecule has 0 fully saturated rings. The predicted molar refractivity (Wildman–Crippen MR) is 89.1 cm³/mol. The molecule has 1 rings (SSSR count). The van der Waals surface area contributed by atoms with Gasteiger partial charge in [0.1, 0.15) is 0 Å². The van der Waals surface area contributed by atoms with E-state index in [0.717, 1.165) is 45.1 Å². The summed E-state index contributed by atoms with van der Waals surface area (Å²) in [4.78, 5) is 12.5. The summed E-state index contributed by atoms with van der Waals surface area (Å²) in [6.45, 7) is 5.40. The minimum absolute atomic E-state index is 0.141. The maximum Gasteiger partial charge on any atom is 0.227 e. The van der Waals surface area contributed by atoms with Gasteiger partial charge in [-0.1, -0.05) is 57.0 Å². The number of carbonyl (C=O) groups is 1. The number of nitrogens with one attached hydrogen (secondary N) is 1. The van der Waals surface area contributed by atoms with Crippen LogP contribution in [-0.2, 0) is 11.2 Å². The monoisotopic (exact) mass is 290 g/mol. The molecular weight excluding hydrogens is 260 g/mol. The Balaban J connectivity index is 2.43. The van der Waals surface area contributed by atoms with Gasteiger partial charge in [-0.15, -0.1) is 0 Å². The van der Waals surface area contributed by atoms with Crippen molar-refractivity contribution in [2.24, 2.45) is 11.1 Å². The van der Waals surface area contributed by atoms with Gasteiger partial charge in [0, 0.05) is 13.1 Å². The normalized spacial score (nSPS) is 11.4. The summed E-state index contributed by atoms with van der Waals surface area (Å²) in [6.07, 6.45) is 5.71. The molecule has 0 radical (unpaired) electrons. The van der Waals surface area contributed by atoms with Crippen molar-refractivity contribution < 1.29 is 4.79 Å². The third kappa shape index (κ3) is 5.50. The second-order valence-electron chi connectivity index (χ2n) is 5.83. The van der Waals surface area contributed by atoms with E-state index in [1.54, 1.807) is 0 Å². The number of benzene rings is 1. The van der Waals surface area contributed by atoms with Crippen LogP contribution in [0.4, 0.5) is 0 Å². The van der Waals surface area contributed by atoms with Gasteiger partial charge in [-0.3, -0.25) is 4.79 Å². The van der Waals surface area contributed by atoms with E-state index in [1.165, 1.54) is 5.56 Å². The maximum atomic E-state index is 12.5. The Morgan fingerprint density at radius 2 is 1.76 bits per heavy atom. The Bertz CT molecular complexity index is 397. The van der Waals surface area contributed by atoms with Crippen LogP contribution >= 0.6 is 0 Å². The van der Waals surface area contributed by atoms with E-state index in [4.69, 9.17) is 5.73 Å². The van der Waals surface area contributed by atoms with Crippen LogP contribution in [0.5, 0.6) is 0 Å². The van der Waals surface area contributed by atoms with E-state index >= 15 is 0 Å². The number of nitrogens with two attached hydrogens (primary N) is 1. The molecule has 0 bridgehead atoms. The molecule has 0 aliphatic heterocycles. The minimum Gasteiger partial charge on any atom is -0.356 e. The van der Waals surface area contributed by atoms with Gasteiger partial charge in [-0.25, -0.2) is 0 Å². The lowest BCUT2D eigenvalue weighted by Crippen LogP contribution is -2.46. The van der Waals surface area contributed by atoms with Crippen LogP contribution in [-0.4, -0.2) is 19.0 Å². The zero-order valence-electron chi connectivity index (χ0n) is 13.5. The van der Waals surface area contributed by atoms with Gasteiger partial charge < -0.3 is 11.1 Å². The minimum atomic E-state index is -0.365. The standard InChI is InChI=1S/C18H30N2O/c1-3-12-18(15-19,13-4-2)17(21)20-14-8-11-16-9-6-5-7-10-16/h5-7,9-10H,3-4,8,11-15,19H2,1-2H3,(H,20,21). The third-order valence-electron chi connectivity index (χ3n) is 4.10. The molecule has 3 heteroatoms. The smallest absolute Gasteiger partial charge is 0.227 e. The van der Waals surface area contributed by atoms with Gasteiger partial charge in [0.15, 0.2) is 0 Å². The van der Waals surface area contributed by atoms with Crippen LogP contribution in [0.3, 0.4) is 0 Å². The quantitative estimate of drug-likeness (QED) is 0.650. The summed E-state index contributed by atoms with van der Waals surface area (Å²) < 4.78 is 0. The molecule has 21 heavy (non-hydrogen) atoms. The first kappa shape index (κ1) is 17.7. The molecule has 0 spiro atoms. The molecule has 1 aromatic rings. The van der Waals surface area contributed by atoms with Gasteiger partial charge >= 0.3 is 0 Å². The lowest BCUT2D eigenvalue weighted by atomic mass is 9.78. The van der Waals surface area contributed by atoms with Crippen LogP contribution in [0.15, 0.2) is 30.3 Å². The molecule has 0 atom stereocenters. The van der Waals surface area contributed by atoms with E-state index in [1.807, 2.05) is 6.07 Å². The second kappa shape index (κ2) is 9.56. The zero-order chi connectivity index (χ0) is 15.6. The lowest BCUT2D eigenvalue weighted by molar-refractivity contribution is -0.131. The van der Waals surface area contributed by atoms with E-state index in [-0.39, 0.29) is 11.3 Å². The van der Waals surface area contributed by atoms with E-state index in [0.29, 0.717) is 6.54 Å². The van der Waals surface area contributed by atoms with Crippen molar-refractivity contribution in [2.75, 3.05) is 13.1 Å². The number of hydrogen-bond acceptors (Lipinski definition) is 2. The molecule has 0 aliphatic carbocycles. The first-order valence-electron chi connectivity index (χ1n) is 8.21. The lowest BCUT2D eigenvalue weighted by Gasteiger charge is -2.30. The average molecular weight is 290 g/mol. The van der Waals surface area contributed by atoms with Crippen LogP contribution in [0.1, 0.15) is 51.5 Å². The highest BCUT2D eigenvalue weighted by molar-refractivity contribution is 5.82. The Morgan fingerprint density at radius 1 is 1.14 bits per heavy atom. The molecular formula is C18H30N2O. The molecule has 0 heterocycles. The van der Waals surface area contributed by atoms with Crippen molar-refractivity contribution in [2.45, 2.75) is 52.4 Å². The molecule has 3 nitrogen and oxygen atoms in total. The van der Waals surface area contributed by atoms with Crippen molar-refractivity contribution in [1.82, 2.24) is 5.32 Å². The van der Waals surface area contributed by atoms with Gasteiger partial charge in [0.2, 0.25) is 5.91 Å². The third-order valence-corrected chi connectivity index (χ3v) is 4.10. The largest absolute Gasteiger partial charge is 0.356 e. The Hall–Kier alpha value is -1.35. The van der Waals surface area contributed by atoms with Crippen molar-refractivity contribution in [3.63, 3.8) is 0 Å². The van der Waals surface area contributed by atoms with Crippen molar-refractivity contribution >= 4 is 5.91 Å². The average Bonchev–Trinajstić information content (AvgIpc) is 2.52.